The molecule has 2 heterocycles. The van der Waals surface area contributed by atoms with Crippen molar-refractivity contribution in [2.45, 2.75) is 19.6 Å². The van der Waals surface area contributed by atoms with Crippen molar-refractivity contribution in [3.63, 3.8) is 0 Å². The maximum Gasteiger partial charge on any atom is 0.248 e. The largest absolute Gasteiger partial charge is 0.485 e. The first-order valence-corrected chi connectivity index (χ1v) is 7.67. The van der Waals surface area contributed by atoms with Crippen LogP contribution >= 0.6 is 0 Å². The SMILES string of the molecule is Cc1[nH]c(=O)ccc1OC1CN(c2cccc(CN=CN)c2F)C1. The molecule has 1 aliphatic heterocycles. The highest BCUT2D eigenvalue weighted by Crippen LogP contribution is 2.29. The quantitative estimate of drug-likeness (QED) is 0.644. The second-order valence-corrected chi connectivity index (χ2v) is 5.70. The van der Waals surface area contributed by atoms with Crippen LogP contribution in [0.15, 0.2) is 40.1 Å². The highest BCUT2D eigenvalue weighted by Gasteiger charge is 2.31. The van der Waals surface area contributed by atoms with Crippen LogP contribution in [0.1, 0.15) is 11.3 Å². The van der Waals surface area contributed by atoms with Gasteiger partial charge in [-0.3, -0.25) is 9.79 Å². The monoisotopic (exact) mass is 330 g/mol. The van der Waals surface area contributed by atoms with Gasteiger partial charge >= 0.3 is 0 Å². The Morgan fingerprint density at radius 2 is 2.21 bits per heavy atom. The summed E-state index contributed by atoms with van der Waals surface area (Å²) >= 11 is 0. The van der Waals surface area contributed by atoms with Crippen LogP contribution in [-0.2, 0) is 6.54 Å². The molecule has 0 aliphatic carbocycles. The summed E-state index contributed by atoms with van der Waals surface area (Å²) in [6, 6.07) is 8.33. The summed E-state index contributed by atoms with van der Waals surface area (Å²) in [5.74, 6) is 0.368. The van der Waals surface area contributed by atoms with Crippen LogP contribution in [-0.4, -0.2) is 30.5 Å². The van der Waals surface area contributed by atoms with Gasteiger partial charge in [0.2, 0.25) is 5.56 Å². The van der Waals surface area contributed by atoms with Crippen molar-refractivity contribution >= 4 is 12.0 Å². The molecule has 1 aromatic heterocycles. The van der Waals surface area contributed by atoms with E-state index in [1.807, 2.05) is 4.90 Å². The van der Waals surface area contributed by atoms with Crippen molar-refractivity contribution in [2.24, 2.45) is 10.7 Å². The lowest BCUT2D eigenvalue weighted by Crippen LogP contribution is -2.54. The topological polar surface area (TPSA) is 83.7 Å². The number of aryl methyl sites for hydroxylation is 1. The first kappa shape index (κ1) is 16.0. The summed E-state index contributed by atoms with van der Waals surface area (Å²) < 4.78 is 20.3. The van der Waals surface area contributed by atoms with Gasteiger partial charge < -0.3 is 20.4 Å². The van der Waals surface area contributed by atoms with Crippen LogP contribution in [0.4, 0.5) is 10.1 Å². The van der Waals surface area contributed by atoms with E-state index in [-0.39, 0.29) is 24.0 Å². The van der Waals surface area contributed by atoms with Crippen molar-refractivity contribution < 1.29 is 9.13 Å². The van der Waals surface area contributed by atoms with Gasteiger partial charge in [0, 0.05) is 11.6 Å². The van der Waals surface area contributed by atoms with Crippen LogP contribution in [0.25, 0.3) is 0 Å². The van der Waals surface area contributed by atoms with Crippen molar-refractivity contribution in [1.29, 1.82) is 0 Å². The predicted molar refractivity (Wildman–Crippen MR) is 91.2 cm³/mol. The number of hydrogen-bond donors (Lipinski definition) is 2. The third-order valence-electron chi connectivity index (χ3n) is 3.97. The molecule has 24 heavy (non-hydrogen) atoms. The molecule has 1 aliphatic rings. The van der Waals surface area contributed by atoms with E-state index < -0.39 is 0 Å². The summed E-state index contributed by atoms with van der Waals surface area (Å²) in [4.78, 5) is 19.7. The average molecular weight is 330 g/mol. The normalized spacial score (nSPS) is 14.8. The number of nitrogens with two attached hydrogens (primary N) is 1. The van der Waals surface area contributed by atoms with E-state index in [1.165, 1.54) is 12.4 Å². The van der Waals surface area contributed by atoms with Crippen molar-refractivity contribution in [3.05, 3.63) is 57.8 Å². The van der Waals surface area contributed by atoms with Gasteiger partial charge in [0.1, 0.15) is 11.9 Å². The number of aromatic nitrogens is 1. The molecular weight excluding hydrogens is 311 g/mol. The van der Waals surface area contributed by atoms with Crippen molar-refractivity contribution in [1.82, 2.24) is 4.98 Å². The minimum Gasteiger partial charge on any atom is -0.485 e. The number of anilines is 1. The van der Waals surface area contributed by atoms with E-state index in [1.54, 1.807) is 31.2 Å². The Bertz CT molecular complexity index is 812. The third-order valence-corrected chi connectivity index (χ3v) is 3.97. The number of rotatable bonds is 5. The zero-order valence-electron chi connectivity index (χ0n) is 13.3. The van der Waals surface area contributed by atoms with Crippen LogP contribution in [0, 0.1) is 12.7 Å². The second kappa shape index (κ2) is 6.74. The number of aromatic amines is 1. The van der Waals surface area contributed by atoms with Gasteiger partial charge in [-0.05, 0) is 19.1 Å². The fourth-order valence-corrected chi connectivity index (χ4v) is 2.66. The van der Waals surface area contributed by atoms with Crippen LogP contribution in [0.5, 0.6) is 5.75 Å². The number of ether oxygens (including phenoxy) is 1. The average Bonchev–Trinajstić information content (AvgIpc) is 2.52. The van der Waals surface area contributed by atoms with Gasteiger partial charge in [0.25, 0.3) is 0 Å². The summed E-state index contributed by atoms with van der Waals surface area (Å²) in [6.07, 6.45) is 1.13. The summed E-state index contributed by atoms with van der Waals surface area (Å²) in [6.45, 7) is 3.17. The van der Waals surface area contributed by atoms with Gasteiger partial charge in [-0.25, -0.2) is 4.39 Å². The number of hydrogen-bond acceptors (Lipinski definition) is 4. The minimum absolute atomic E-state index is 0.0419. The molecule has 0 atom stereocenters. The number of nitrogens with one attached hydrogen (secondary N) is 1. The van der Waals surface area contributed by atoms with E-state index in [2.05, 4.69) is 9.98 Å². The first-order valence-electron chi connectivity index (χ1n) is 7.67. The smallest absolute Gasteiger partial charge is 0.248 e. The number of nitrogens with zero attached hydrogens (tertiary/aromatic N) is 2. The molecule has 7 heteroatoms. The van der Waals surface area contributed by atoms with Gasteiger partial charge in [-0.1, -0.05) is 12.1 Å². The molecule has 0 spiro atoms. The van der Waals surface area contributed by atoms with Gasteiger partial charge in [0.05, 0.1) is 37.4 Å². The van der Waals surface area contributed by atoms with E-state index in [9.17, 15) is 9.18 Å². The number of aliphatic imine (C=N–C) groups is 1. The lowest BCUT2D eigenvalue weighted by atomic mass is 10.1. The fourth-order valence-electron chi connectivity index (χ4n) is 2.66. The van der Waals surface area contributed by atoms with Crippen molar-refractivity contribution in [3.8, 4) is 5.75 Å². The third kappa shape index (κ3) is 3.24. The maximum atomic E-state index is 14.5. The Morgan fingerprint density at radius 3 is 2.92 bits per heavy atom. The fraction of sp³-hybridized carbons (Fsp3) is 0.294. The number of halogens is 1. The summed E-state index contributed by atoms with van der Waals surface area (Å²) in [5, 5.41) is 0. The van der Waals surface area contributed by atoms with Gasteiger partial charge in [-0.2, -0.15) is 0 Å². The Morgan fingerprint density at radius 1 is 1.42 bits per heavy atom. The van der Waals surface area contributed by atoms with E-state index in [0.717, 1.165) is 0 Å². The molecular formula is C17H19FN4O2. The molecule has 0 saturated carbocycles. The molecule has 6 nitrogen and oxygen atoms in total. The minimum atomic E-state index is -0.276. The molecule has 0 bridgehead atoms. The maximum absolute atomic E-state index is 14.5. The lowest BCUT2D eigenvalue weighted by Gasteiger charge is -2.41. The lowest BCUT2D eigenvalue weighted by molar-refractivity contribution is 0.165. The Kier molecular flexibility index (Phi) is 4.50. The number of benzene rings is 1. The zero-order chi connectivity index (χ0) is 17.1. The van der Waals surface area contributed by atoms with Crippen LogP contribution in [0.2, 0.25) is 0 Å². The van der Waals surface area contributed by atoms with Gasteiger partial charge in [0.15, 0.2) is 5.82 Å². The van der Waals surface area contributed by atoms with Crippen LogP contribution in [0.3, 0.4) is 0 Å². The highest BCUT2D eigenvalue weighted by atomic mass is 19.1. The Hall–Kier alpha value is -2.83. The molecule has 1 aromatic carbocycles. The van der Waals surface area contributed by atoms with Gasteiger partial charge in [-0.15, -0.1) is 0 Å². The molecule has 0 unspecified atom stereocenters. The zero-order valence-corrected chi connectivity index (χ0v) is 13.3. The molecule has 1 saturated heterocycles. The Balaban J connectivity index is 1.65. The molecule has 3 rings (SSSR count). The first-order chi connectivity index (χ1) is 11.6. The molecule has 3 N–H and O–H groups in total. The number of pyridine rings is 1. The summed E-state index contributed by atoms with van der Waals surface area (Å²) in [5.41, 5.74) is 6.79. The summed E-state index contributed by atoms with van der Waals surface area (Å²) in [7, 11) is 0. The molecule has 2 aromatic rings. The highest BCUT2D eigenvalue weighted by molar-refractivity contribution is 5.54. The van der Waals surface area contributed by atoms with E-state index in [0.29, 0.717) is 35.8 Å². The molecule has 0 radical (unpaired) electrons. The van der Waals surface area contributed by atoms with E-state index in [4.69, 9.17) is 10.5 Å². The van der Waals surface area contributed by atoms with Crippen LogP contribution < -0.4 is 20.9 Å². The number of H-pyrrole nitrogens is 1. The van der Waals surface area contributed by atoms with E-state index >= 15 is 0 Å². The molecule has 126 valence electrons. The Labute approximate surface area is 138 Å². The molecule has 0 amide bonds. The van der Waals surface area contributed by atoms with Crippen molar-refractivity contribution in [2.75, 3.05) is 18.0 Å². The second-order valence-electron chi connectivity index (χ2n) is 5.70. The predicted octanol–water partition coefficient (Wildman–Crippen LogP) is 1.58. The standard InChI is InChI=1S/C17H19FN4O2/c1-11-15(5-6-16(23)21-11)24-13-8-22(9-13)14-4-2-3-12(17(14)18)7-20-10-19/h2-6,10,13H,7-9H2,1H3,(H2,19,20)(H,21,23). The molecule has 1 fully saturated rings.